The minimum Gasteiger partial charge on any atom is -0.388 e. The van der Waals surface area contributed by atoms with Gasteiger partial charge in [0.15, 0.2) is 0 Å². The molecule has 0 atom stereocenters. The Morgan fingerprint density at radius 2 is 1.55 bits per heavy atom. The Morgan fingerprint density at radius 3 is 1.91 bits per heavy atom. The molecule has 1 aromatic carbocycles. The van der Waals surface area contributed by atoms with Crippen molar-refractivity contribution < 1.29 is 0 Å². The van der Waals surface area contributed by atoms with Crippen molar-refractivity contribution in [2.24, 2.45) is 0 Å². The summed E-state index contributed by atoms with van der Waals surface area (Å²) in [5.41, 5.74) is 1.14. The van der Waals surface area contributed by atoms with E-state index in [1.165, 1.54) is 0 Å². The lowest BCUT2D eigenvalue weighted by Gasteiger charge is -1.96. The zero-order valence-corrected chi connectivity index (χ0v) is 8.77. The first-order valence-electron chi connectivity index (χ1n) is 3.76. The number of anilines is 1. The molecular formula is C9H14BrN. The van der Waals surface area contributed by atoms with Crippen molar-refractivity contribution in [1.82, 2.24) is 0 Å². The van der Waals surface area contributed by atoms with Crippen LogP contribution in [-0.2, 0) is 0 Å². The minimum atomic E-state index is 1.11. The maximum atomic E-state index is 3.35. The molecule has 1 nitrogen and oxygen atoms in total. The predicted molar refractivity (Wildman–Crippen MR) is 55.0 cm³/mol. The molecule has 0 aromatic heterocycles. The molecule has 0 radical (unpaired) electrons. The maximum absolute atomic E-state index is 3.35. The topological polar surface area (TPSA) is 12.0 Å². The van der Waals surface area contributed by atoms with Gasteiger partial charge in [-0.2, -0.15) is 0 Å². The summed E-state index contributed by atoms with van der Waals surface area (Å²) < 4.78 is 1.11. The molecule has 0 aliphatic carbocycles. The van der Waals surface area contributed by atoms with Crippen molar-refractivity contribution >= 4 is 21.6 Å². The molecule has 0 aliphatic rings. The largest absolute Gasteiger partial charge is 0.388 e. The van der Waals surface area contributed by atoms with Crippen LogP contribution in [0.1, 0.15) is 13.8 Å². The standard InChI is InChI=1S/C7H8BrN.C2H6/c1-9-7-4-2-6(8)3-5-7;1-2/h2-5,9H,1H3;1-2H3. The number of rotatable bonds is 1. The highest BCUT2D eigenvalue weighted by Gasteiger charge is 1.85. The number of hydrogen-bond donors (Lipinski definition) is 1. The van der Waals surface area contributed by atoms with E-state index in [-0.39, 0.29) is 0 Å². The molecule has 0 unspecified atom stereocenters. The van der Waals surface area contributed by atoms with E-state index in [1.54, 1.807) is 0 Å². The van der Waals surface area contributed by atoms with Crippen LogP contribution in [0.15, 0.2) is 28.7 Å². The van der Waals surface area contributed by atoms with Crippen LogP contribution in [0.2, 0.25) is 0 Å². The lowest BCUT2D eigenvalue weighted by Crippen LogP contribution is -1.85. The van der Waals surface area contributed by atoms with E-state index in [2.05, 4.69) is 21.2 Å². The first kappa shape index (κ1) is 10.5. The Kier molecular flexibility index (Phi) is 5.94. The van der Waals surface area contributed by atoms with Gasteiger partial charge in [0.05, 0.1) is 0 Å². The molecular weight excluding hydrogens is 202 g/mol. The summed E-state index contributed by atoms with van der Waals surface area (Å²) in [6, 6.07) is 8.05. The van der Waals surface area contributed by atoms with Crippen LogP contribution in [-0.4, -0.2) is 7.05 Å². The summed E-state index contributed by atoms with van der Waals surface area (Å²) in [7, 11) is 1.91. The fourth-order valence-corrected chi connectivity index (χ4v) is 0.881. The van der Waals surface area contributed by atoms with Gasteiger partial charge in [-0.3, -0.25) is 0 Å². The number of nitrogens with one attached hydrogen (secondary N) is 1. The molecule has 1 N–H and O–H groups in total. The van der Waals surface area contributed by atoms with Gasteiger partial charge >= 0.3 is 0 Å². The van der Waals surface area contributed by atoms with E-state index in [0.717, 1.165) is 10.2 Å². The quantitative estimate of drug-likeness (QED) is 0.757. The SMILES string of the molecule is CC.CNc1ccc(Br)cc1. The first-order chi connectivity index (χ1) is 5.33. The van der Waals surface area contributed by atoms with Gasteiger partial charge in [-0.15, -0.1) is 0 Å². The monoisotopic (exact) mass is 215 g/mol. The van der Waals surface area contributed by atoms with Crippen LogP contribution in [0.25, 0.3) is 0 Å². The van der Waals surface area contributed by atoms with Crippen molar-refractivity contribution in [2.45, 2.75) is 13.8 Å². The second-order valence-electron chi connectivity index (χ2n) is 1.76. The Hall–Kier alpha value is -0.500. The van der Waals surface area contributed by atoms with Gasteiger partial charge in [0.1, 0.15) is 0 Å². The van der Waals surface area contributed by atoms with Crippen LogP contribution >= 0.6 is 15.9 Å². The minimum absolute atomic E-state index is 1.11. The van der Waals surface area contributed by atoms with Crippen LogP contribution in [0.4, 0.5) is 5.69 Å². The van der Waals surface area contributed by atoms with Gasteiger partial charge < -0.3 is 5.32 Å². The fraction of sp³-hybridized carbons (Fsp3) is 0.333. The zero-order chi connectivity index (χ0) is 8.69. The molecule has 0 heterocycles. The second kappa shape index (κ2) is 6.23. The van der Waals surface area contributed by atoms with E-state index >= 15 is 0 Å². The molecule has 0 aliphatic heterocycles. The van der Waals surface area contributed by atoms with Gasteiger partial charge in [0.2, 0.25) is 0 Å². The summed E-state index contributed by atoms with van der Waals surface area (Å²) in [4.78, 5) is 0. The van der Waals surface area contributed by atoms with Crippen LogP contribution in [0.3, 0.4) is 0 Å². The molecule has 0 saturated carbocycles. The molecule has 2 heteroatoms. The smallest absolute Gasteiger partial charge is 0.0338 e. The van der Waals surface area contributed by atoms with Crippen LogP contribution in [0.5, 0.6) is 0 Å². The van der Waals surface area contributed by atoms with E-state index in [0.29, 0.717) is 0 Å². The number of benzene rings is 1. The third-order valence-electron chi connectivity index (χ3n) is 1.13. The number of halogens is 1. The summed E-state index contributed by atoms with van der Waals surface area (Å²) in [5, 5.41) is 3.03. The summed E-state index contributed by atoms with van der Waals surface area (Å²) in [6.45, 7) is 4.00. The molecule has 0 bridgehead atoms. The van der Waals surface area contributed by atoms with E-state index in [9.17, 15) is 0 Å². The van der Waals surface area contributed by atoms with E-state index in [1.807, 2.05) is 45.2 Å². The fourth-order valence-electron chi connectivity index (χ4n) is 0.617. The Balaban J connectivity index is 0.000000461. The van der Waals surface area contributed by atoms with Gasteiger partial charge in [0, 0.05) is 17.2 Å². The van der Waals surface area contributed by atoms with Crippen molar-refractivity contribution in [2.75, 3.05) is 12.4 Å². The normalized spacial score (nSPS) is 8.00. The summed E-state index contributed by atoms with van der Waals surface area (Å²) >= 11 is 3.35. The molecule has 1 aromatic rings. The van der Waals surface area contributed by atoms with Crippen molar-refractivity contribution in [3.8, 4) is 0 Å². The number of hydrogen-bond acceptors (Lipinski definition) is 1. The molecule has 11 heavy (non-hydrogen) atoms. The highest BCUT2D eigenvalue weighted by atomic mass is 79.9. The maximum Gasteiger partial charge on any atom is 0.0338 e. The van der Waals surface area contributed by atoms with Crippen molar-refractivity contribution in [1.29, 1.82) is 0 Å². The molecule has 1 rings (SSSR count). The Labute approximate surface area is 76.9 Å². The molecule has 62 valence electrons. The third kappa shape index (κ3) is 4.04. The third-order valence-corrected chi connectivity index (χ3v) is 1.66. The van der Waals surface area contributed by atoms with Gasteiger partial charge in [-0.1, -0.05) is 29.8 Å². The van der Waals surface area contributed by atoms with Crippen LogP contribution < -0.4 is 5.32 Å². The van der Waals surface area contributed by atoms with Gasteiger partial charge in [-0.05, 0) is 24.3 Å². The van der Waals surface area contributed by atoms with Gasteiger partial charge in [-0.25, -0.2) is 0 Å². The Morgan fingerprint density at radius 1 is 1.09 bits per heavy atom. The Bertz CT molecular complexity index is 181. The highest BCUT2D eigenvalue weighted by molar-refractivity contribution is 9.10. The zero-order valence-electron chi connectivity index (χ0n) is 7.19. The second-order valence-corrected chi connectivity index (χ2v) is 2.67. The lowest BCUT2D eigenvalue weighted by atomic mass is 10.3. The van der Waals surface area contributed by atoms with Crippen LogP contribution in [0, 0.1) is 0 Å². The van der Waals surface area contributed by atoms with Crippen molar-refractivity contribution in [3.05, 3.63) is 28.7 Å². The summed E-state index contributed by atoms with van der Waals surface area (Å²) in [5.74, 6) is 0. The van der Waals surface area contributed by atoms with Crippen molar-refractivity contribution in [3.63, 3.8) is 0 Å². The first-order valence-corrected chi connectivity index (χ1v) is 4.55. The molecule has 0 amide bonds. The highest BCUT2D eigenvalue weighted by Crippen LogP contribution is 2.12. The molecule has 0 fully saturated rings. The summed E-state index contributed by atoms with van der Waals surface area (Å²) in [6.07, 6.45) is 0. The molecule has 0 spiro atoms. The van der Waals surface area contributed by atoms with E-state index in [4.69, 9.17) is 0 Å². The lowest BCUT2D eigenvalue weighted by molar-refractivity contribution is 1.50. The molecule has 0 saturated heterocycles. The van der Waals surface area contributed by atoms with Gasteiger partial charge in [0.25, 0.3) is 0 Å². The predicted octanol–water partition coefficient (Wildman–Crippen LogP) is 3.52. The average molecular weight is 216 g/mol. The van der Waals surface area contributed by atoms with E-state index < -0.39 is 0 Å². The average Bonchev–Trinajstić information content (AvgIpc) is 2.10.